The summed E-state index contributed by atoms with van der Waals surface area (Å²) >= 11 is 5.92. The standard InChI is InChI=1S/C26H43ClN4O3S/c1-4-15-35(32,33)31-12-7-21(8-13-31)25(19(2)3)34-14-9-22-16-24(22)20-5-10-30(11-6-20)26-28-17-23(27)18-29-26/h17-22,24-25H,4-16H2,1-3H3. The van der Waals surface area contributed by atoms with Gasteiger partial charge in [0.25, 0.3) is 0 Å². The molecule has 2 aliphatic heterocycles. The van der Waals surface area contributed by atoms with E-state index in [2.05, 4.69) is 28.7 Å². The molecule has 3 fully saturated rings. The lowest BCUT2D eigenvalue weighted by Crippen LogP contribution is -2.43. The van der Waals surface area contributed by atoms with Crippen molar-refractivity contribution < 1.29 is 13.2 Å². The highest BCUT2D eigenvalue weighted by molar-refractivity contribution is 7.89. The summed E-state index contributed by atoms with van der Waals surface area (Å²) in [4.78, 5) is 11.0. The van der Waals surface area contributed by atoms with Crippen molar-refractivity contribution in [3.63, 3.8) is 0 Å². The number of piperidine rings is 2. The van der Waals surface area contributed by atoms with Crippen LogP contribution in [-0.2, 0) is 14.8 Å². The zero-order chi connectivity index (χ0) is 25.0. The van der Waals surface area contributed by atoms with Crippen molar-refractivity contribution in [3.8, 4) is 0 Å². The van der Waals surface area contributed by atoms with Crippen molar-refractivity contribution in [1.82, 2.24) is 14.3 Å². The number of hydrogen-bond acceptors (Lipinski definition) is 6. The molecule has 7 nitrogen and oxygen atoms in total. The molecule has 9 heteroatoms. The fourth-order valence-corrected chi connectivity index (χ4v) is 7.91. The first-order valence-electron chi connectivity index (χ1n) is 13.6. The van der Waals surface area contributed by atoms with Crippen LogP contribution >= 0.6 is 11.6 Å². The quantitative estimate of drug-likeness (QED) is 0.409. The summed E-state index contributed by atoms with van der Waals surface area (Å²) in [5, 5.41) is 0.580. The molecule has 0 radical (unpaired) electrons. The molecule has 0 aromatic carbocycles. The molecule has 3 aliphatic rings. The average molecular weight is 527 g/mol. The third-order valence-electron chi connectivity index (χ3n) is 8.29. The number of anilines is 1. The van der Waals surface area contributed by atoms with Crippen LogP contribution < -0.4 is 4.90 Å². The second-order valence-electron chi connectivity index (χ2n) is 11.1. The first-order chi connectivity index (χ1) is 16.8. The fourth-order valence-electron chi connectivity index (χ4n) is 6.27. The molecule has 198 valence electrons. The average Bonchev–Trinajstić information content (AvgIpc) is 3.62. The van der Waals surface area contributed by atoms with Crippen LogP contribution in [0.4, 0.5) is 5.95 Å². The summed E-state index contributed by atoms with van der Waals surface area (Å²) in [6.45, 7) is 10.6. The molecule has 4 rings (SSSR count). The van der Waals surface area contributed by atoms with E-state index in [0.29, 0.717) is 36.4 Å². The number of halogens is 1. The van der Waals surface area contributed by atoms with Crippen LogP contribution in [0, 0.1) is 29.6 Å². The van der Waals surface area contributed by atoms with E-state index >= 15 is 0 Å². The molecule has 1 aromatic rings. The minimum Gasteiger partial charge on any atom is -0.378 e. The molecule has 2 saturated heterocycles. The van der Waals surface area contributed by atoms with Gasteiger partial charge in [-0.3, -0.25) is 0 Å². The van der Waals surface area contributed by atoms with Crippen LogP contribution in [0.1, 0.15) is 65.7 Å². The molecule has 3 heterocycles. The molecule has 0 spiro atoms. The number of hydrogen-bond donors (Lipinski definition) is 0. The maximum absolute atomic E-state index is 12.4. The molecule has 1 saturated carbocycles. The zero-order valence-corrected chi connectivity index (χ0v) is 23.2. The fraction of sp³-hybridized carbons (Fsp3) is 0.846. The van der Waals surface area contributed by atoms with Crippen molar-refractivity contribution in [2.45, 2.75) is 71.8 Å². The van der Waals surface area contributed by atoms with Crippen molar-refractivity contribution in [1.29, 1.82) is 0 Å². The van der Waals surface area contributed by atoms with Crippen LogP contribution in [0.15, 0.2) is 12.4 Å². The Morgan fingerprint density at radius 2 is 1.74 bits per heavy atom. The lowest BCUT2D eigenvalue weighted by atomic mass is 9.86. The van der Waals surface area contributed by atoms with Crippen molar-refractivity contribution >= 4 is 27.6 Å². The predicted molar refractivity (Wildman–Crippen MR) is 141 cm³/mol. The van der Waals surface area contributed by atoms with Gasteiger partial charge in [-0.05, 0) is 74.5 Å². The molecule has 0 amide bonds. The van der Waals surface area contributed by atoms with E-state index in [4.69, 9.17) is 16.3 Å². The van der Waals surface area contributed by atoms with Gasteiger partial charge in [0, 0.05) is 32.8 Å². The van der Waals surface area contributed by atoms with E-state index < -0.39 is 10.0 Å². The third kappa shape index (κ3) is 7.08. The molecule has 0 bridgehead atoms. The maximum Gasteiger partial charge on any atom is 0.225 e. The Morgan fingerprint density at radius 1 is 1.09 bits per heavy atom. The Bertz CT molecular complexity index is 898. The van der Waals surface area contributed by atoms with Gasteiger partial charge in [0.05, 0.1) is 29.3 Å². The Hall–Kier alpha value is -0.960. The zero-order valence-electron chi connectivity index (χ0n) is 21.6. The van der Waals surface area contributed by atoms with E-state index in [9.17, 15) is 8.42 Å². The molecule has 35 heavy (non-hydrogen) atoms. The van der Waals surface area contributed by atoms with Crippen LogP contribution in [0.25, 0.3) is 0 Å². The summed E-state index contributed by atoms with van der Waals surface area (Å²) in [6, 6.07) is 0. The number of rotatable bonds is 11. The molecule has 0 N–H and O–H groups in total. The monoisotopic (exact) mass is 526 g/mol. The SMILES string of the molecule is CCCS(=O)(=O)N1CCC(C(OCCC2CC2C2CCN(c3ncc(Cl)cn3)CC2)C(C)C)CC1. The summed E-state index contributed by atoms with van der Waals surface area (Å²) in [6.07, 6.45) is 11.0. The van der Waals surface area contributed by atoms with Gasteiger partial charge in [-0.15, -0.1) is 0 Å². The predicted octanol–water partition coefficient (Wildman–Crippen LogP) is 4.87. The van der Waals surface area contributed by atoms with E-state index in [1.165, 1.54) is 19.3 Å². The first-order valence-corrected chi connectivity index (χ1v) is 15.6. The molecule has 1 aliphatic carbocycles. The largest absolute Gasteiger partial charge is 0.378 e. The highest BCUT2D eigenvalue weighted by Crippen LogP contribution is 2.50. The van der Waals surface area contributed by atoms with Gasteiger partial charge < -0.3 is 9.64 Å². The number of ether oxygens (including phenoxy) is 1. The Balaban J connectivity index is 1.16. The van der Waals surface area contributed by atoms with Gasteiger partial charge in [-0.25, -0.2) is 22.7 Å². The normalized spacial score (nSPS) is 25.8. The summed E-state index contributed by atoms with van der Waals surface area (Å²) in [5.41, 5.74) is 0. The lowest BCUT2D eigenvalue weighted by molar-refractivity contribution is -0.0334. The second kappa shape index (κ2) is 12.1. The number of sulfonamides is 1. The lowest BCUT2D eigenvalue weighted by Gasteiger charge is -2.37. The van der Waals surface area contributed by atoms with Crippen LogP contribution in [-0.4, -0.2) is 67.3 Å². The van der Waals surface area contributed by atoms with Crippen LogP contribution in [0.2, 0.25) is 5.02 Å². The summed E-state index contributed by atoms with van der Waals surface area (Å²) in [5.74, 6) is 4.41. The van der Waals surface area contributed by atoms with Crippen molar-refractivity contribution in [2.24, 2.45) is 29.6 Å². The van der Waals surface area contributed by atoms with Gasteiger partial charge in [0.15, 0.2) is 0 Å². The molecule has 3 unspecified atom stereocenters. The number of nitrogens with zero attached hydrogens (tertiary/aromatic N) is 4. The summed E-state index contributed by atoms with van der Waals surface area (Å²) < 4.78 is 33.0. The topological polar surface area (TPSA) is 75.6 Å². The highest BCUT2D eigenvalue weighted by Gasteiger charge is 2.43. The van der Waals surface area contributed by atoms with E-state index in [1.807, 2.05) is 6.92 Å². The maximum atomic E-state index is 12.4. The van der Waals surface area contributed by atoms with E-state index in [1.54, 1.807) is 16.7 Å². The smallest absolute Gasteiger partial charge is 0.225 e. The Morgan fingerprint density at radius 3 is 2.34 bits per heavy atom. The van der Waals surface area contributed by atoms with Gasteiger partial charge in [0.1, 0.15) is 0 Å². The van der Waals surface area contributed by atoms with E-state index in [-0.39, 0.29) is 11.9 Å². The second-order valence-corrected chi connectivity index (χ2v) is 13.6. The van der Waals surface area contributed by atoms with Gasteiger partial charge in [-0.2, -0.15) is 0 Å². The highest BCUT2D eigenvalue weighted by atomic mass is 35.5. The molecule has 1 aromatic heterocycles. The number of aromatic nitrogens is 2. The molecular weight excluding hydrogens is 484 g/mol. The minimum absolute atomic E-state index is 0.228. The van der Waals surface area contributed by atoms with E-state index in [0.717, 1.165) is 62.7 Å². The molecular formula is C26H43ClN4O3S. The van der Waals surface area contributed by atoms with Gasteiger partial charge in [0.2, 0.25) is 16.0 Å². The van der Waals surface area contributed by atoms with Crippen LogP contribution in [0.5, 0.6) is 0 Å². The third-order valence-corrected chi connectivity index (χ3v) is 10.6. The van der Waals surface area contributed by atoms with Gasteiger partial charge >= 0.3 is 0 Å². The Kier molecular flexibility index (Phi) is 9.33. The van der Waals surface area contributed by atoms with Crippen molar-refractivity contribution in [2.75, 3.05) is 43.4 Å². The van der Waals surface area contributed by atoms with Crippen LogP contribution in [0.3, 0.4) is 0 Å². The Labute approximate surface area is 217 Å². The first kappa shape index (κ1) is 27.1. The minimum atomic E-state index is -3.08. The molecule has 3 atom stereocenters. The van der Waals surface area contributed by atoms with Crippen molar-refractivity contribution in [3.05, 3.63) is 17.4 Å². The summed E-state index contributed by atoms with van der Waals surface area (Å²) in [7, 11) is -3.08. The van der Waals surface area contributed by atoms with Gasteiger partial charge in [-0.1, -0.05) is 32.4 Å².